The minimum atomic E-state index is -3.76. The molecule has 0 radical (unpaired) electrons. The van der Waals surface area contributed by atoms with Crippen LogP contribution in [-0.2, 0) is 16.6 Å². The minimum Gasteiger partial charge on any atom is -0.336 e. The summed E-state index contributed by atoms with van der Waals surface area (Å²) >= 11 is 5.84. The van der Waals surface area contributed by atoms with Crippen LogP contribution < -0.4 is 4.72 Å². The van der Waals surface area contributed by atoms with Crippen LogP contribution in [0.4, 0.5) is 5.69 Å². The van der Waals surface area contributed by atoms with Crippen LogP contribution in [0.15, 0.2) is 83.8 Å². The molecule has 0 atom stereocenters. The lowest BCUT2D eigenvalue weighted by Gasteiger charge is -2.34. The molecule has 6 nitrogen and oxygen atoms in total. The molecule has 0 bridgehead atoms. The van der Waals surface area contributed by atoms with Crippen LogP contribution in [0.25, 0.3) is 0 Å². The summed E-state index contributed by atoms with van der Waals surface area (Å²) < 4.78 is 27.7. The summed E-state index contributed by atoms with van der Waals surface area (Å²) in [6.07, 6.45) is 0. The molecular formula is C24H24ClN3O3S. The molecule has 0 unspecified atom stereocenters. The van der Waals surface area contributed by atoms with Gasteiger partial charge in [-0.15, -0.1) is 0 Å². The molecule has 1 N–H and O–H groups in total. The average Bonchev–Trinajstić information content (AvgIpc) is 2.81. The van der Waals surface area contributed by atoms with Crippen LogP contribution in [0.1, 0.15) is 15.9 Å². The Morgan fingerprint density at radius 1 is 0.844 bits per heavy atom. The first-order valence-electron chi connectivity index (χ1n) is 10.3. The van der Waals surface area contributed by atoms with E-state index in [1.807, 2.05) is 23.1 Å². The number of amides is 1. The SMILES string of the molecule is O=C(c1ccc(S(=O)(=O)Nc2ccc(Cl)cc2)cc1)N1CCN(Cc2ccccc2)CC1. The molecule has 1 heterocycles. The van der Waals surface area contributed by atoms with E-state index in [0.29, 0.717) is 29.4 Å². The Bertz CT molecular complexity index is 1160. The van der Waals surface area contributed by atoms with Crippen molar-refractivity contribution in [2.24, 2.45) is 0 Å². The first-order valence-corrected chi connectivity index (χ1v) is 12.2. The maximum atomic E-state index is 12.9. The van der Waals surface area contributed by atoms with Crippen LogP contribution in [0.5, 0.6) is 0 Å². The number of carbonyl (C=O) groups excluding carboxylic acids is 1. The van der Waals surface area contributed by atoms with E-state index in [9.17, 15) is 13.2 Å². The number of halogens is 1. The Balaban J connectivity index is 1.35. The number of piperazine rings is 1. The second kappa shape index (κ2) is 9.73. The molecule has 1 aliphatic heterocycles. The molecule has 8 heteroatoms. The Morgan fingerprint density at radius 3 is 2.09 bits per heavy atom. The zero-order chi connectivity index (χ0) is 22.6. The summed E-state index contributed by atoms with van der Waals surface area (Å²) in [5, 5.41) is 0.525. The van der Waals surface area contributed by atoms with E-state index in [1.54, 1.807) is 36.4 Å². The molecular weight excluding hydrogens is 446 g/mol. The van der Waals surface area contributed by atoms with Crippen LogP contribution in [0, 0.1) is 0 Å². The molecule has 32 heavy (non-hydrogen) atoms. The zero-order valence-electron chi connectivity index (χ0n) is 17.4. The maximum absolute atomic E-state index is 12.9. The lowest BCUT2D eigenvalue weighted by Crippen LogP contribution is -2.48. The Morgan fingerprint density at radius 2 is 1.47 bits per heavy atom. The first kappa shape index (κ1) is 22.3. The van der Waals surface area contributed by atoms with Crippen LogP contribution in [0.2, 0.25) is 5.02 Å². The van der Waals surface area contributed by atoms with E-state index in [0.717, 1.165) is 19.6 Å². The number of nitrogens with zero attached hydrogens (tertiary/aromatic N) is 2. The largest absolute Gasteiger partial charge is 0.336 e. The fourth-order valence-electron chi connectivity index (χ4n) is 3.64. The number of hydrogen-bond acceptors (Lipinski definition) is 4. The quantitative estimate of drug-likeness (QED) is 0.590. The molecule has 0 aromatic heterocycles. The highest BCUT2D eigenvalue weighted by Gasteiger charge is 2.23. The van der Waals surface area contributed by atoms with E-state index < -0.39 is 10.0 Å². The van der Waals surface area contributed by atoms with E-state index in [4.69, 9.17) is 11.6 Å². The van der Waals surface area contributed by atoms with Crippen molar-refractivity contribution >= 4 is 33.2 Å². The molecule has 3 aromatic carbocycles. The van der Waals surface area contributed by atoms with Crippen LogP contribution in [0.3, 0.4) is 0 Å². The van der Waals surface area contributed by atoms with Crippen molar-refractivity contribution in [2.75, 3.05) is 30.9 Å². The van der Waals surface area contributed by atoms with Gasteiger partial charge < -0.3 is 4.90 Å². The third kappa shape index (κ3) is 5.48. The third-order valence-electron chi connectivity index (χ3n) is 5.42. The summed E-state index contributed by atoms with van der Waals surface area (Å²) in [6.45, 7) is 3.76. The van der Waals surface area contributed by atoms with Crippen molar-refractivity contribution in [2.45, 2.75) is 11.4 Å². The highest BCUT2D eigenvalue weighted by molar-refractivity contribution is 7.92. The van der Waals surface area contributed by atoms with Crippen LogP contribution in [-0.4, -0.2) is 50.3 Å². The molecule has 3 aromatic rings. The lowest BCUT2D eigenvalue weighted by atomic mass is 10.1. The minimum absolute atomic E-state index is 0.0843. The summed E-state index contributed by atoms with van der Waals surface area (Å²) in [4.78, 5) is 17.1. The summed E-state index contributed by atoms with van der Waals surface area (Å²) in [5.41, 5.74) is 2.16. The highest BCUT2D eigenvalue weighted by Crippen LogP contribution is 2.20. The van der Waals surface area contributed by atoms with Gasteiger partial charge in [-0.05, 0) is 54.1 Å². The average molecular weight is 470 g/mol. The van der Waals surface area contributed by atoms with Crippen molar-refractivity contribution in [1.82, 2.24) is 9.80 Å². The van der Waals surface area contributed by atoms with Crippen molar-refractivity contribution in [1.29, 1.82) is 0 Å². The predicted molar refractivity (Wildman–Crippen MR) is 126 cm³/mol. The number of rotatable bonds is 6. The fourth-order valence-corrected chi connectivity index (χ4v) is 4.83. The number of benzene rings is 3. The smallest absolute Gasteiger partial charge is 0.261 e. The molecule has 0 saturated carbocycles. The van der Waals surface area contributed by atoms with Crippen molar-refractivity contribution in [3.05, 3.63) is 95.0 Å². The van der Waals surface area contributed by atoms with Crippen molar-refractivity contribution < 1.29 is 13.2 Å². The molecule has 1 aliphatic rings. The molecule has 166 valence electrons. The Hall–Kier alpha value is -2.87. The van der Waals surface area contributed by atoms with Gasteiger partial charge in [0, 0.05) is 49.0 Å². The Labute approximate surface area is 193 Å². The number of carbonyl (C=O) groups is 1. The monoisotopic (exact) mass is 469 g/mol. The summed E-state index contributed by atoms with van der Waals surface area (Å²) in [7, 11) is -3.76. The van der Waals surface area contributed by atoms with Gasteiger partial charge in [0.15, 0.2) is 0 Å². The lowest BCUT2D eigenvalue weighted by molar-refractivity contribution is 0.0628. The maximum Gasteiger partial charge on any atom is 0.261 e. The van der Waals surface area contributed by atoms with Gasteiger partial charge >= 0.3 is 0 Å². The normalized spacial score (nSPS) is 14.8. The predicted octanol–water partition coefficient (Wildman–Crippen LogP) is 4.10. The van der Waals surface area contributed by atoms with Gasteiger partial charge in [-0.25, -0.2) is 8.42 Å². The zero-order valence-corrected chi connectivity index (χ0v) is 19.0. The summed E-state index contributed by atoms with van der Waals surface area (Å²) in [6, 6.07) is 22.7. The molecule has 0 spiro atoms. The van der Waals surface area contributed by atoms with E-state index in [2.05, 4.69) is 21.8 Å². The molecule has 4 rings (SSSR count). The van der Waals surface area contributed by atoms with Gasteiger partial charge in [-0.2, -0.15) is 0 Å². The third-order valence-corrected chi connectivity index (χ3v) is 7.07. The van der Waals surface area contributed by atoms with Crippen molar-refractivity contribution in [3.8, 4) is 0 Å². The van der Waals surface area contributed by atoms with Gasteiger partial charge in [0.05, 0.1) is 4.90 Å². The Kier molecular flexibility index (Phi) is 6.79. The van der Waals surface area contributed by atoms with Gasteiger partial charge in [-0.3, -0.25) is 14.4 Å². The topological polar surface area (TPSA) is 69.7 Å². The van der Waals surface area contributed by atoms with Crippen molar-refractivity contribution in [3.63, 3.8) is 0 Å². The van der Waals surface area contributed by atoms with E-state index in [-0.39, 0.29) is 10.8 Å². The standard InChI is InChI=1S/C24H24ClN3O3S/c25-21-8-10-22(11-9-21)26-32(30,31)23-12-6-20(7-13-23)24(29)28-16-14-27(15-17-28)18-19-4-2-1-3-5-19/h1-13,26H,14-18H2. The second-order valence-corrected chi connectivity index (χ2v) is 9.81. The molecule has 1 amide bonds. The van der Waals surface area contributed by atoms with Gasteiger partial charge in [-0.1, -0.05) is 41.9 Å². The van der Waals surface area contributed by atoms with Gasteiger partial charge in [0.2, 0.25) is 0 Å². The molecule has 1 saturated heterocycles. The number of sulfonamides is 1. The molecule has 1 fully saturated rings. The number of anilines is 1. The molecule has 0 aliphatic carbocycles. The second-order valence-electron chi connectivity index (χ2n) is 7.69. The number of nitrogens with one attached hydrogen (secondary N) is 1. The van der Waals surface area contributed by atoms with Gasteiger partial charge in [0.1, 0.15) is 0 Å². The first-order chi connectivity index (χ1) is 15.4. The fraction of sp³-hybridized carbons (Fsp3) is 0.208. The van der Waals surface area contributed by atoms with E-state index in [1.165, 1.54) is 17.7 Å². The van der Waals surface area contributed by atoms with E-state index >= 15 is 0 Å². The highest BCUT2D eigenvalue weighted by atomic mass is 35.5. The van der Waals surface area contributed by atoms with Gasteiger partial charge in [0.25, 0.3) is 15.9 Å². The van der Waals surface area contributed by atoms with Crippen LogP contribution >= 0.6 is 11.6 Å². The number of hydrogen-bond donors (Lipinski definition) is 1. The summed E-state index contributed by atoms with van der Waals surface area (Å²) in [5.74, 6) is -0.0843.